The number of aromatic carboxylic acids is 1. The number of fused-ring (bicyclic) bond motifs is 1. The number of H-pyrrole nitrogens is 1. The zero-order chi connectivity index (χ0) is 9.42. The number of nitrogens with one attached hydrogen (secondary N) is 1. The van der Waals surface area contributed by atoms with Crippen LogP contribution in [0.25, 0.3) is 11.0 Å². The van der Waals surface area contributed by atoms with Gasteiger partial charge in [0.2, 0.25) is 0 Å². The summed E-state index contributed by atoms with van der Waals surface area (Å²) in [7, 11) is 0. The molecule has 0 amide bonds. The SMILES string of the molecule is O=C(O)c1c(Cl)ccc2n[nH]nc12.[Ag+]. The predicted octanol–water partition coefficient (Wildman–Crippen LogP) is 1.31. The molecule has 2 N–H and O–H groups in total. The molecular weight excluding hydrogens is 301 g/mol. The average Bonchev–Trinajstić information content (AvgIpc) is 2.50. The van der Waals surface area contributed by atoms with Crippen LogP contribution >= 0.6 is 11.6 Å². The first-order chi connectivity index (χ1) is 6.20. The number of carbonyl (C=O) groups is 1. The number of aromatic amines is 1. The van der Waals surface area contributed by atoms with Crippen LogP contribution in [0.2, 0.25) is 5.02 Å². The molecular formula is C7H4AgClN3O2+. The Bertz CT molecular complexity index is 485. The first kappa shape index (κ1) is 11.2. The summed E-state index contributed by atoms with van der Waals surface area (Å²) in [6.07, 6.45) is 0. The largest absolute Gasteiger partial charge is 1.00 e. The van der Waals surface area contributed by atoms with Crippen LogP contribution in [0.1, 0.15) is 10.4 Å². The van der Waals surface area contributed by atoms with E-state index in [9.17, 15) is 4.79 Å². The van der Waals surface area contributed by atoms with E-state index in [1.807, 2.05) is 0 Å². The van der Waals surface area contributed by atoms with Gasteiger partial charge in [0.15, 0.2) is 0 Å². The van der Waals surface area contributed by atoms with Gasteiger partial charge in [0, 0.05) is 0 Å². The van der Waals surface area contributed by atoms with Crippen molar-refractivity contribution in [3.63, 3.8) is 0 Å². The monoisotopic (exact) mass is 304 g/mol. The summed E-state index contributed by atoms with van der Waals surface area (Å²) in [6, 6.07) is 3.09. The number of carboxylic acids is 1. The second-order valence-electron chi connectivity index (χ2n) is 2.42. The number of aromatic nitrogens is 3. The van der Waals surface area contributed by atoms with Gasteiger partial charge in [0.1, 0.15) is 16.6 Å². The number of carboxylic acid groups (broad SMARTS) is 1. The molecule has 2 aromatic rings. The van der Waals surface area contributed by atoms with Gasteiger partial charge in [-0.05, 0) is 12.1 Å². The molecule has 0 bridgehead atoms. The molecule has 76 valence electrons. The van der Waals surface area contributed by atoms with Crippen molar-refractivity contribution in [1.29, 1.82) is 0 Å². The van der Waals surface area contributed by atoms with Crippen LogP contribution in [0.4, 0.5) is 0 Å². The Morgan fingerprint density at radius 2 is 2.14 bits per heavy atom. The van der Waals surface area contributed by atoms with Crippen LogP contribution in [0.15, 0.2) is 12.1 Å². The third-order valence-corrected chi connectivity index (χ3v) is 1.97. The minimum atomic E-state index is -1.11. The van der Waals surface area contributed by atoms with Crippen molar-refractivity contribution in [3.05, 3.63) is 22.7 Å². The molecule has 1 aromatic carbocycles. The molecule has 5 nitrogen and oxygen atoms in total. The summed E-state index contributed by atoms with van der Waals surface area (Å²) in [6.45, 7) is 0. The Labute approximate surface area is 99.0 Å². The van der Waals surface area contributed by atoms with Crippen LogP contribution in [0, 0.1) is 0 Å². The van der Waals surface area contributed by atoms with Crippen molar-refractivity contribution in [2.75, 3.05) is 0 Å². The van der Waals surface area contributed by atoms with Gasteiger partial charge in [0.05, 0.1) is 5.02 Å². The fourth-order valence-electron chi connectivity index (χ4n) is 1.09. The minimum Gasteiger partial charge on any atom is -0.478 e. The fourth-order valence-corrected chi connectivity index (χ4v) is 1.32. The third kappa shape index (κ3) is 1.67. The molecule has 0 saturated carbocycles. The van der Waals surface area contributed by atoms with Gasteiger partial charge in [0.25, 0.3) is 0 Å². The summed E-state index contributed by atoms with van der Waals surface area (Å²) in [4.78, 5) is 10.8. The van der Waals surface area contributed by atoms with E-state index in [-0.39, 0.29) is 38.5 Å². The van der Waals surface area contributed by atoms with Crippen LogP contribution in [-0.2, 0) is 22.4 Å². The van der Waals surface area contributed by atoms with Gasteiger partial charge in [-0.25, -0.2) is 4.79 Å². The van der Waals surface area contributed by atoms with Crippen molar-refractivity contribution in [3.8, 4) is 0 Å². The molecule has 2 rings (SSSR count). The van der Waals surface area contributed by atoms with Gasteiger partial charge >= 0.3 is 28.3 Å². The topological polar surface area (TPSA) is 78.9 Å². The molecule has 0 aliphatic heterocycles. The first-order valence-electron chi connectivity index (χ1n) is 3.42. The summed E-state index contributed by atoms with van der Waals surface area (Å²) in [5.74, 6) is -1.11. The van der Waals surface area contributed by atoms with Crippen molar-refractivity contribution in [2.24, 2.45) is 0 Å². The van der Waals surface area contributed by atoms with Crippen LogP contribution < -0.4 is 0 Å². The van der Waals surface area contributed by atoms with Gasteiger partial charge in [-0.1, -0.05) is 11.6 Å². The molecule has 1 aromatic heterocycles. The molecule has 0 aliphatic carbocycles. The van der Waals surface area contributed by atoms with E-state index in [1.165, 1.54) is 6.07 Å². The average molecular weight is 305 g/mol. The molecule has 0 spiro atoms. The maximum absolute atomic E-state index is 10.8. The number of nitrogens with zero attached hydrogens (tertiary/aromatic N) is 2. The fraction of sp³-hybridized carbons (Fsp3) is 0. The molecule has 0 atom stereocenters. The Hall–Kier alpha value is -0.880. The van der Waals surface area contributed by atoms with E-state index in [2.05, 4.69) is 15.4 Å². The summed E-state index contributed by atoms with van der Waals surface area (Å²) in [5, 5.41) is 18.8. The molecule has 0 saturated heterocycles. The number of rotatable bonds is 1. The predicted molar refractivity (Wildman–Crippen MR) is 45.9 cm³/mol. The Morgan fingerprint density at radius 1 is 1.43 bits per heavy atom. The molecule has 0 aliphatic rings. The van der Waals surface area contributed by atoms with Gasteiger partial charge in [-0.2, -0.15) is 15.4 Å². The van der Waals surface area contributed by atoms with E-state index in [0.717, 1.165) is 0 Å². The Kier molecular flexibility index (Phi) is 3.28. The number of halogens is 1. The van der Waals surface area contributed by atoms with Gasteiger partial charge in [-0.3, -0.25) is 0 Å². The van der Waals surface area contributed by atoms with E-state index in [1.54, 1.807) is 6.07 Å². The van der Waals surface area contributed by atoms with E-state index >= 15 is 0 Å². The molecule has 0 unspecified atom stereocenters. The summed E-state index contributed by atoms with van der Waals surface area (Å²) in [5.41, 5.74) is 0.745. The summed E-state index contributed by atoms with van der Waals surface area (Å²) >= 11 is 5.69. The van der Waals surface area contributed by atoms with Crippen molar-refractivity contribution in [2.45, 2.75) is 0 Å². The number of benzene rings is 1. The second kappa shape index (κ2) is 4.10. The Balaban J connectivity index is 0.000000980. The van der Waals surface area contributed by atoms with Crippen LogP contribution in [0.3, 0.4) is 0 Å². The smallest absolute Gasteiger partial charge is 0.478 e. The van der Waals surface area contributed by atoms with Crippen LogP contribution in [0.5, 0.6) is 0 Å². The second-order valence-corrected chi connectivity index (χ2v) is 2.83. The number of hydrogen-bond acceptors (Lipinski definition) is 3. The standard InChI is InChI=1S/C7H4ClN3O2.Ag/c8-3-1-2-4-6(10-11-9-4)5(3)7(12)13;/h1-2H,(H,12,13)(H,9,10,11);/q;+1. The maximum atomic E-state index is 10.8. The van der Waals surface area contributed by atoms with Crippen molar-refractivity contribution >= 4 is 28.6 Å². The zero-order valence-corrected chi connectivity index (χ0v) is 8.82. The Morgan fingerprint density at radius 3 is 2.79 bits per heavy atom. The molecule has 0 fully saturated rings. The zero-order valence-electron chi connectivity index (χ0n) is 6.58. The van der Waals surface area contributed by atoms with Crippen LogP contribution in [-0.4, -0.2) is 26.5 Å². The normalized spacial score (nSPS) is 9.79. The van der Waals surface area contributed by atoms with E-state index in [0.29, 0.717) is 5.52 Å². The summed E-state index contributed by atoms with van der Waals surface area (Å²) < 4.78 is 0. The molecule has 7 heteroatoms. The van der Waals surface area contributed by atoms with Crippen molar-refractivity contribution < 1.29 is 32.3 Å². The molecule has 1 heterocycles. The molecule has 14 heavy (non-hydrogen) atoms. The van der Waals surface area contributed by atoms with Gasteiger partial charge < -0.3 is 5.11 Å². The number of hydrogen-bond donors (Lipinski definition) is 2. The maximum Gasteiger partial charge on any atom is 1.00 e. The van der Waals surface area contributed by atoms with E-state index < -0.39 is 5.97 Å². The third-order valence-electron chi connectivity index (χ3n) is 1.65. The van der Waals surface area contributed by atoms with E-state index in [4.69, 9.17) is 16.7 Å². The first-order valence-corrected chi connectivity index (χ1v) is 3.80. The molecule has 0 radical (unpaired) electrons. The minimum absolute atomic E-state index is 0. The van der Waals surface area contributed by atoms with Crippen molar-refractivity contribution in [1.82, 2.24) is 15.4 Å². The van der Waals surface area contributed by atoms with Gasteiger partial charge in [-0.15, -0.1) is 0 Å². The quantitative estimate of drug-likeness (QED) is 0.779.